The van der Waals surface area contributed by atoms with E-state index in [0.29, 0.717) is 0 Å². The molecule has 16 heavy (non-hydrogen) atoms. The number of carboxylic acids is 1. The number of carbonyl (C=O) groups excluding carboxylic acids is 1. The van der Waals surface area contributed by atoms with Gasteiger partial charge in [-0.15, -0.1) is 0 Å². The molecule has 8 heteroatoms. The molecule has 1 fully saturated rings. The number of hydrogen-bond acceptors (Lipinski definition) is 3. The number of nitrogens with one attached hydrogen (secondary N) is 1. The summed E-state index contributed by atoms with van der Waals surface area (Å²) in [6.45, 7) is 0.0137. The van der Waals surface area contributed by atoms with Crippen molar-refractivity contribution < 1.29 is 32.6 Å². The Bertz CT molecular complexity index is 291. The molecule has 0 aromatic carbocycles. The number of carbonyl (C=O) groups is 2. The molecule has 1 aliphatic rings. The summed E-state index contributed by atoms with van der Waals surface area (Å²) in [6, 6.07) is -0.816. The number of ether oxygens (including phenoxy) is 1. The van der Waals surface area contributed by atoms with Gasteiger partial charge in [0.25, 0.3) is 0 Å². The van der Waals surface area contributed by atoms with Gasteiger partial charge in [0.1, 0.15) is 0 Å². The molecule has 0 aliphatic carbocycles. The molecular formula is C8H10F3NO4. The fourth-order valence-corrected chi connectivity index (χ4v) is 1.37. The van der Waals surface area contributed by atoms with Crippen LogP contribution in [0.1, 0.15) is 12.8 Å². The predicted octanol–water partition coefficient (Wildman–Crippen LogP) is 0.297. The summed E-state index contributed by atoms with van der Waals surface area (Å²) in [5, 5.41) is 10.3. The molecule has 1 heterocycles. The van der Waals surface area contributed by atoms with Crippen LogP contribution in [-0.2, 0) is 14.3 Å². The average Bonchev–Trinajstić information content (AvgIpc) is 2.16. The van der Waals surface area contributed by atoms with E-state index in [1.54, 1.807) is 5.32 Å². The minimum absolute atomic E-state index is 0.0137. The van der Waals surface area contributed by atoms with Crippen molar-refractivity contribution in [2.45, 2.75) is 31.2 Å². The van der Waals surface area contributed by atoms with Crippen LogP contribution in [0.15, 0.2) is 0 Å². The van der Waals surface area contributed by atoms with E-state index in [1.165, 1.54) is 0 Å². The van der Waals surface area contributed by atoms with Crippen molar-refractivity contribution in [1.29, 1.82) is 0 Å². The third kappa shape index (κ3) is 3.37. The van der Waals surface area contributed by atoms with Gasteiger partial charge >= 0.3 is 18.1 Å². The topological polar surface area (TPSA) is 75.6 Å². The molecule has 1 saturated heterocycles. The molecule has 0 spiro atoms. The van der Waals surface area contributed by atoms with Crippen LogP contribution in [0.2, 0.25) is 0 Å². The van der Waals surface area contributed by atoms with Crippen LogP contribution in [0.5, 0.6) is 0 Å². The van der Waals surface area contributed by atoms with E-state index in [0.717, 1.165) is 0 Å². The quantitative estimate of drug-likeness (QED) is 0.729. The van der Waals surface area contributed by atoms with Crippen LogP contribution in [-0.4, -0.2) is 41.9 Å². The van der Waals surface area contributed by atoms with E-state index < -0.39 is 30.2 Å². The highest BCUT2D eigenvalue weighted by Gasteiger charge is 2.40. The Kier molecular flexibility index (Phi) is 3.74. The third-order valence-electron chi connectivity index (χ3n) is 2.15. The fraction of sp³-hybridized carbons (Fsp3) is 0.750. The maximum absolute atomic E-state index is 11.9. The van der Waals surface area contributed by atoms with Crippen molar-refractivity contribution in [3.8, 4) is 0 Å². The smallest absolute Gasteiger partial charge is 0.471 e. The van der Waals surface area contributed by atoms with Crippen LogP contribution in [0, 0.1) is 0 Å². The second kappa shape index (κ2) is 4.69. The lowest BCUT2D eigenvalue weighted by Crippen LogP contribution is -2.48. The number of aliphatic carboxylic acids is 1. The Labute approximate surface area is 88.6 Å². The first-order chi connectivity index (χ1) is 7.30. The molecule has 0 aromatic heterocycles. The Morgan fingerprint density at radius 1 is 1.38 bits per heavy atom. The third-order valence-corrected chi connectivity index (χ3v) is 2.15. The monoisotopic (exact) mass is 241 g/mol. The largest absolute Gasteiger partial charge is 0.479 e. The lowest BCUT2D eigenvalue weighted by atomic mass is 10.0. The Hall–Kier alpha value is -1.31. The summed E-state index contributed by atoms with van der Waals surface area (Å²) in [5.74, 6) is -3.30. The summed E-state index contributed by atoms with van der Waals surface area (Å²) in [4.78, 5) is 21.1. The van der Waals surface area contributed by atoms with Crippen LogP contribution in [0.3, 0.4) is 0 Å². The molecule has 5 nitrogen and oxygen atoms in total. The van der Waals surface area contributed by atoms with Crippen LogP contribution in [0.4, 0.5) is 13.2 Å². The summed E-state index contributed by atoms with van der Waals surface area (Å²) in [6.07, 6.45) is -6.09. The molecular weight excluding hydrogens is 231 g/mol. The molecule has 1 rings (SSSR count). The number of alkyl halides is 3. The second-order valence-electron chi connectivity index (χ2n) is 3.39. The Morgan fingerprint density at radius 3 is 2.50 bits per heavy atom. The van der Waals surface area contributed by atoms with Gasteiger partial charge in [0.2, 0.25) is 0 Å². The van der Waals surface area contributed by atoms with E-state index in [9.17, 15) is 22.8 Å². The van der Waals surface area contributed by atoms with Gasteiger partial charge in [-0.05, 0) is 6.42 Å². The molecule has 1 amide bonds. The minimum Gasteiger partial charge on any atom is -0.479 e. The van der Waals surface area contributed by atoms with Crippen LogP contribution in [0.25, 0.3) is 0 Å². The standard InChI is InChI=1S/C8H10F3NO4/c9-8(10,11)7(15)12-4-1-2-16-5(3-4)6(13)14/h4-5H,1-3H2,(H,12,15)(H,13,14)/t4-,5-/m0/s1. The van der Waals surface area contributed by atoms with Gasteiger partial charge in [-0.25, -0.2) is 4.79 Å². The number of rotatable bonds is 2. The summed E-state index contributed by atoms with van der Waals surface area (Å²) < 4.78 is 40.5. The lowest BCUT2D eigenvalue weighted by molar-refractivity contribution is -0.176. The Balaban J connectivity index is 2.49. The van der Waals surface area contributed by atoms with E-state index in [4.69, 9.17) is 9.84 Å². The first kappa shape index (κ1) is 12.8. The minimum atomic E-state index is -4.95. The average molecular weight is 241 g/mol. The highest BCUT2D eigenvalue weighted by atomic mass is 19.4. The van der Waals surface area contributed by atoms with Gasteiger partial charge in [0.15, 0.2) is 6.10 Å². The van der Waals surface area contributed by atoms with E-state index in [-0.39, 0.29) is 19.4 Å². The zero-order chi connectivity index (χ0) is 12.3. The molecule has 0 unspecified atom stereocenters. The first-order valence-electron chi connectivity index (χ1n) is 4.53. The number of halogens is 3. The van der Waals surface area contributed by atoms with E-state index in [2.05, 4.69) is 0 Å². The van der Waals surface area contributed by atoms with Gasteiger partial charge in [-0.3, -0.25) is 4.79 Å². The molecule has 0 aromatic rings. The Morgan fingerprint density at radius 2 is 2.00 bits per heavy atom. The summed E-state index contributed by atoms with van der Waals surface area (Å²) in [7, 11) is 0. The molecule has 2 N–H and O–H groups in total. The van der Waals surface area contributed by atoms with Crippen molar-refractivity contribution in [3.63, 3.8) is 0 Å². The zero-order valence-electron chi connectivity index (χ0n) is 8.08. The second-order valence-corrected chi connectivity index (χ2v) is 3.39. The van der Waals surface area contributed by atoms with Gasteiger partial charge < -0.3 is 15.2 Å². The van der Waals surface area contributed by atoms with Gasteiger partial charge in [0, 0.05) is 19.1 Å². The van der Waals surface area contributed by atoms with Crippen molar-refractivity contribution in [1.82, 2.24) is 5.32 Å². The van der Waals surface area contributed by atoms with Crippen LogP contribution >= 0.6 is 0 Å². The maximum atomic E-state index is 11.9. The van der Waals surface area contributed by atoms with Gasteiger partial charge in [-0.1, -0.05) is 0 Å². The number of carboxylic acid groups (broad SMARTS) is 1. The lowest BCUT2D eigenvalue weighted by Gasteiger charge is -2.27. The van der Waals surface area contributed by atoms with Gasteiger partial charge in [-0.2, -0.15) is 13.2 Å². The SMILES string of the molecule is O=C(O)[C@@H]1C[C@@H](NC(=O)C(F)(F)F)CCO1. The molecule has 1 aliphatic heterocycles. The summed E-state index contributed by atoms with van der Waals surface area (Å²) in [5.41, 5.74) is 0. The zero-order valence-corrected chi connectivity index (χ0v) is 8.08. The van der Waals surface area contributed by atoms with Crippen LogP contribution < -0.4 is 5.32 Å². The summed E-state index contributed by atoms with van der Waals surface area (Å²) >= 11 is 0. The van der Waals surface area contributed by atoms with Gasteiger partial charge in [0.05, 0.1) is 0 Å². The molecule has 92 valence electrons. The predicted molar refractivity (Wildman–Crippen MR) is 44.6 cm³/mol. The van der Waals surface area contributed by atoms with Crippen molar-refractivity contribution >= 4 is 11.9 Å². The normalized spacial score (nSPS) is 26.2. The van der Waals surface area contributed by atoms with Crippen molar-refractivity contribution in [3.05, 3.63) is 0 Å². The molecule has 0 radical (unpaired) electrons. The maximum Gasteiger partial charge on any atom is 0.471 e. The molecule has 0 saturated carbocycles. The van der Waals surface area contributed by atoms with E-state index in [1.807, 2.05) is 0 Å². The highest BCUT2D eigenvalue weighted by molar-refractivity contribution is 5.82. The molecule has 0 bridgehead atoms. The highest BCUT2D eigenvalue weighted by Crippen LogP contribution is 2.18. The number of amides is 1. The first-order valence-corrected chi connectivity index (χ1v) is 4.53. The fourth-order valence-electron chi connectivity index (χ4n) is 1.37. The molecule has 2 atom stereocenters. The van der Waals surface area contributed by atoms with Crippen molar-refractivity contribution in [2.24, 2.45) is 0 Å². The van der Waals surface area contributed by atoms with E-state index >= 15 is 0 Å². The van der Waals surface area contributed by atoms with Crippen molar-refractivity contribution in [2.75, 3.05) is 6.61 Å². The number of hydrogen-bond donors (Lipinski definition) is 2.